The Morgan fingerprint density at radius 1 is 1.22 bits per heavy atom. The Bertz CT molecular complexity index is 658. The molecule has 5 nitrogen and oxygen atoms in total. The summed E-state index contributed by atoms with van der Waals surface area (Å²) in [6.45, 7) is 1.89. The van der Waals surface area contributed by atoms with Crippen molar-refractivity contribution >= 4 is 34.9 Å². The van der Waals surface area contributed by atoms with Gasteiger partial charge in [0.2, 0.25) is 5.91 Å². The lowest BCUT2D eigenvalue weighted by Gasteiger charge is -2.19. The first-order chi connectivity index (χ1) is 11.0. The number of primary amides is 1. The summed E-state index contributed by atoms with van der Waals surface area (Å²) in [5, 5.41) is 8.05. The van der Waals surface area contributed by atoms with E-state index in [4.69, 9.17) is 17.3 Å². The smallest absolute Gasteiger partial charge is 0.312 e. The maximum atomic E-state index is 12.3. The summed E-state index contributed by atoms with van der Waals surface area (Å²) in [5.41, 5.74) is 6.15. The van der Waals surface area contributed by atoms with Crippen molar-refractivity contribution < 1.29 is 9.59 Å². The van der Waals surface area contributed by atoms with E-state index in [2.05, 4.69) is 10.6 Å². The molecular weight excluding hydrogens is 334 g/mol. The first-order valence-corrected chi connectivity index (χ1v) is 8.35. The predicted molar refractivity (Wildman–Crippen MR) is 92.4 cm³/mol. The molecule has 2 aromatic rings. The van der Waals surface area contributed by atoms with Crippen molar-refractivity contribution in [3.8, 4) is 0 Å². The fourth-order valence-corrected chi connectivity index (χ4v) is 3.11. The van der Waals surface area contributed by atoms with Gasteiger partial charge < -0.3 is 16.4 Å². The normalized spacial score (nSPS) is 13.1. The van der Waals surface area contributed by atoms with Gasteiger partial charge in [-0.25, -0.2) is 4.79 Å². The Labute approximate surface area is 143 Å². The van der Waals surface area contributed by atoms with Gasteiger partial charge in [-0.2, -0.15) is 0 Å². The largest absolute Gasteiger partial charge is 0.352 e. The quantitative estimate of drug-likeness (QED) is 0.745. The van der Waals surface area contributed by atoms with Crippen molar-refractivity contribution in [2.24, 2.45) is 5.73 Å². The van der Waals surface area contributed by atoms with Gasteiger partial charge in [0.05, 0.1) is 18.5 Å². The molecule has 0 unspecified atom stereocenters. The van der Waals surface area contributed by atoms with Crippen molar-refractivity contribution in [2.45, 2.75) is 25.4 Å². The number of urea groups is 1. The molecule has 0 spiro atoms. The highest BCUT2D eigenvalue weighted by Crippen LogP contribution is 2.23. The average Bonchev–Trinajstić information content (AvgIpc) is 3.00. The molecule has 1 aromatic heterocycles. The molecule has 0 fully saturated rings. The number of halogens is 1. The fourth-order valence-electron chi connectivity index (χ4n) is 2.20. The zero-order chi connectivity index (χ0) is 16.8. The molecule has 0 saturated heterocycles. The van der Waals surface area contributed by atoms with Crippen LogP contribution >= 0.6 is 22.9 Å². The number of thiophene rings is 1. The van der Waals surface area contributed by atoms with Crippen LogP contribution in [0.1, 0.15) is 35.9 Å². The van der Waals surface area contributed by atoms with Gasteiger partial charge in [-0.05, 0) is 36.1 Å². The Hall–Kier alpha value is -2.05. The minimum Gasteiger partial charge on any atom is -0.352 e. The first kappa shape index (κ1) is 17.3. The van der Waals surface area contributed by atoms with E-state index in [9.17, 15) is 9.59 Å². The van der Waals surface area contributed by atoms with Gasteiger partial charge in [-0.1, -0.05) is 29.8 Å². The summed E-state index contributed by atoms with van der Waals surface area (Å²) >= 11 is 7.33. The summed E-state index contributed by atoms with van der Waals surface area (Å²) in [7, 11) is 0. The van der Waals surface area contributed by atoms with Crippen molar-refractivity contribution in [2.75, 3.05) is 0 Å². The van der Waals surface area contributed by atoms with E-state index in [0.29, 0.717) is 5.02 Å². The third-order valence-corrected chi connectivity index (χ3v) is 4.58. The van der Waals surface area contributed by atoms with E-state index >= 15 is 0 Å². The van der Waals surface area contributed by atoms with Gasteiger partial charge in [0.15, 0.2) is 0 Å². The maximum absolute atomic E-state index is 12.3. The molecule has 4 N–H and O–H groups in total. The van der Waals surface area contributed by atoms with Gasteiger partial charge in [-0.3, -0.25) is 4.79 Å². The third kappa shape index (κ3) is 5.26. The number of carbonyl (C=O) groups is 2. The van der Waals surface area contributed by atoms with Crippen LogP contribution in [-0.4, -0.2) is 11.9 Å². The van der Waals surface area contributed by atoms with Gasteiger partial charge in [0, 0.05) is 9.90 Å². The van der Waals surface area contributed by atoms with Gasteiger partial charge in [-0.15, -0.1) is 11.3 Å². The van der Waals surface area contributed by atoms with Crippen LogP contribution in [0.2, 0.25) is 5.02 Å². The lowest BCUT2D eigenvalue weighted by atomic mass is 10.1. The number of rotatable bonds is 6. The van der Waals surface area contributed by atoms with E-state index in [1.807, 2.05) is 36.6 Å². The highest BCUT2D eigenvalue weighted by Gasteiger charge is 2.19. The zero-order valence-corrected chi connectivity index (χ0v) is 14.2. The Morgan fingerprint density at radius 3 is 2.48 bits per heavy atom. The second-order valence-electron chi connectivity index (χ2n) is 5.12. The van der Waals surface area contributed by atoms with Crippen LogP contribution in [0.5, 0.6) is 0 Å². The molecule has 0 aliphatic heterocycles. The van der Waals surface area contributed by atoms with Crippen LogP contribution in [0, 0.1) is 0 Å². The highest BCUT2D eigenvalue weighted by molar-refractivity contribution is 7.10. The second kappa shape index (κ2) is 7.99. The minimum atomic E-state index is -0.651. The van der Waals surface area contributed by atoms with Crippen LogP contribution in [-0.2, 0) is 4.79 Å². The maximum Gasteiger partial charge on any atom is 0.312 e. The second-order valence-corrected chi connectivity index (χ2v) is 6.54. The number of carbonyl (C=O) groups excluding carboxylic acids is 2. The van der Waals surface area contributed by atoms with E-state index < -0.39 is 12.1 Å². The molecule has 23 heavy (non-hydrogen) atoms. The minimum absolute atomic E-state index is 0.126. The van der Waals surface area contributed by atoms with Crippen LogP contribution < -0.4 is 16.4 Å². The molecule has 0 saturated carbocycles. The number of hydrogen-bond acceptors (Lipinski definition) is 3. The number of nitrogens with two attached hydrogens (primary N) is 1. The number of nitrogens with one attached hydrogen (secondary N) is 2. The van der Waals surface area contributed by atoms with Crippen molar-refractivity contribution in [1.82, 2.24) is 10.6 Å². The molecule has 7 heteroatoms. The third-order valence-electron chi connectivity index (χ3n) is 3.34. The van der Waals surface area contributed by atoms with Crippen molar-refractivity contribution in [1.29, 1.82) is 0 Å². The van der Waals surface area contributed by atoms with Crippen molar-refractivity contribution in [3.63, 3.8) is 0 Å². The molecule has 3 amide bonds. The standard InChI is InChI=1S/C16H18ClN3O2S/c1-10(11-4-6-12(17)7-5-11)19-15(21)9-13(20-16(18)22)14-3-2-8-23-14/h2-8,10,13H,9H2,1H3,(H,19,21)(H3,18,20,22)/t10-,13+/m0/s1. The summed E-state index contributed by atoms with van der Waals surface area (Å²) < 4.78 is 0. The highest BCUT2D eigenvalue weighted by atomic mass is 35.5. The lowest BCUT2D eigenvalue weighted by molar-refractivity contribution is -0.122. The van der Waals surface area contributed by atoms with Crippen LogP contribution in [0.25, 0.3) is 0 Å². The molecule has 0 radical (unpaired) electrons. The van der Waals surface area contributed by atoms with Crippen LogP contribution in [0.4, 0.5) is 4.79 Å². The van der Waals surface area contributed by atoms with E-state index in [0.717, 1.165) is 10.4 Å². The number of hydrogen-bond donors (Lipinski definition) is 3. The number of benzene rings is 1. The number of amides is 3. The van der Waals surface area contributed by atoms with E-state index in [-0.39, 0.29) is 18.4 Å². The van der Waals surface area contributed by atoms with Gasteiger partial charge >= 0.3 is 6.03 Å². The molecular formula is C16H18ClN3O2S. The molecule has 1 heterocycles. The Morgan fingerprint density at radius 2 is 1.91 bits per heavy atom. The molecule has 2 atom stereocenters. The van der Waals surface area contributed by atoms with Crippen LogP contribution in [0.3, 0.4) is 0 Å². The predicted octanol–water partition coefficient (Wildman–Crippen LogP) is 3.38. The monoisotopic (exact) mass is 351 g/mol. The van der Waals surface area contributed by atoms with E-state index in [1.165, 1.54) is 11.3 Å². The Kier molecular flexibility index (Phi) is 6.01. The summed E-state index contributed by atoms with van der Waals surface area (Å²) in [4.78, 5) is 24.3. The molecule has 0 aliphatic rings. The summed E-state index contributed by atoms with van der Waals surface area (Å²) in [6, 6.07) is 9.79. The molecule has 2 rings (SSSR count). The van der Waals surface area contributed by atoms with E-state index in [1.54, 1.807) is 12.1 Å². The Balaban J connectivity index is 1.98. The van der Waals surface area contributed by atoms with Gasteiger partial charge in [0.1, 0.15) is 0 Å². The van der Waals surface area contributed by atoms with Crippen molar-refractivity contribution in [3.05, 3.63) is 57.2 Å². The molecule has 122 valence electrons. The zero-order valence-electron chi connectivity index (χ0n) is 12.6. The molecule has 1 aromatic carbocycles. The SMILES string of the molecule is C[C@H](NC(=O)C[C@@H](NC(N)=O)c1cccs1)c1ccc(Cl)cc1. The molecule has 0 aliphatic carbocycles. The summed E-state index contributed by atoms with van der Waals surface area (Å²) in [6.07, 6.45) is 0.126. The average molecular weight is 352 g/mol. The van der Waals surface area contributed by atoms with Crippen LogP contribution in [0.15, 0.2) is 41.8 Å². The van der Waals surface area contributed by atoms with Gasteiger partial charge in [0.25, 0.3) is 0 Å². The fraction of sp³-hybridized carbons (Fsp3) is 0.250. The topological polar surface area (TPSA) is 84.2 Å². The molecule has 0 bridgehead atoms. The lowest BCUT2D eigenvalue weighted by Crippen LogP contribution is -2.36. The summed E-state index contributed by atoms with van der Waals surface area (Å²) in [5.74, 6) is -0.167. The first-order valence-electron chi connectivity index (χ1n) is 7.10.